The molecular formula is C9H16N2O3. The van der Waals surface area contributed by atoms with Crippen molar-refractivity contribution < 1.29 is 14.7 Å². The molecule has 0 aromatic rings. The maximum Gasteiger partial charge on any atom is 0.305 e. The summed E-state index contributed by atoms with van der Waals surface area (Å²) in [4.78, 5) is 23.5. The average Bonchev–Trinajstić information content (AvgIpc) is 2.87. The van der Waals surface area contributed by atoms with Crippen LogP contribution in [-0.4, -0.2) is 40.5 Å². The Morgan fingerprint density at radius 3 is 2.50 bits per heavy atom. The van der Waals surface area contributed by atoms with Crippen molar-refractivity contribution in [2.75, 3.05) is 6.54 Å². The number of carbonyl (C=O) groups excluding carboxylic acids is 1. The second-order valence-electron chi connectivity index (χ2n) is 3.70. The minimum absolute atomic E-state index is 0.00500. The van der Waals surface area contributed by atoms with Gasteiger partial charge in [-0.25, -0.2) is 0 Å². The van der Waals surface area contributed by atoms with Gasteiger partial charge in [0, 0.05) is 12.6 Å². The van der Waals surface area contributed by atoms with Crippen LogP contribution < -0.4 is 5.73 Å². The SMILES string of the molecule is CC(N)C(=O)N(CCC(=O)O)C1CC1. The third-order valence-corrected chi connectivity index (χ3v) is 2.23. The van der Waals surface area contributed by atoms with Crippen LogP contribution >= 0.6 is 0 Å². The van der Waals surface area contributed by atoms with Gasteiger partial charge in [0.1, 0.15) is 0 Å². The summed E-state index contributed by atoms with van der Waals surface area (Å²) in [6.07, 6.45) is 1.94. The number of carbonyl (C=O) groups is 2. The van der Waals surface area contributed by atoms with Gasteiger partial charge in [-0.1, -0.05) is 0 Å². The first kappa shape index (κ1) is 11.0. The summed E-state index contributed by atoms with van der Waals surface area (Å²) in [5.41, 5.74) is 5.47. The van der Waals surface area contributed by atoms with E-state index in [2.05, 4.69) is 0 Å². The molecule has 0 saturated heterocycles. The topological polar surface area (TPSA) is 83.6 Å². The van der Waals surface area contributed by atoms with Gasteiger partial charge in [-0.15, -0.1) is 0 Å². The number of carboxylic acids is 1. The lowest BCUT2D eigenvalue weighted by molar-refractivity contribution is -0.139. The van der Waals surface area contributed by atoms with Crippen molar-refractivity contribution in [2.24, 2.45) is 5.73 Å². The summed E-state index contributed by atoms with van der Waals surface area (Å²) < 4.78 is 0. The highest BCUT2D eigenvalue weighted by Gasteiger charge is 2.33. The van der Waals surface area contributed by atoms with Crippen LogP contribution in [-0.2, 0) is 9.59 Å². The van der Waals surface area contributed by atoms with Gasteiger partial charge in [0.15, 0.2) is 0 Å². The van der Waals surface area contributed by atoms with E-state index < -0.39 is 12.0 Å². The van der Waals surface area contributed by atoms with Crippen molar-refractivity contribution >= 4 is 11.9 Å². The second kappa shape index (κ2) is 4.41. The van der Waals surface area contributed by atoms with Crippen LogP contribution in [0.4, 0.5) is 0 Å². The van der Waals surface area contributed by atoms with Gasteiger partial charge in [-0.3, -0.25) is 9.59 Å². The van der Waals surface area contributed by atoms with Crippen LogP contribution in [0, 0.1) is 0 Å². The molecule has 0 aromatic heterocycles. The molecule has 0 aromatic carbocycles. The van der Waals surface area contributed by atoms with Crippen LogP contribution in [0.3, 0.4) is 0 Å². The smallest absolute Gasteiger partial charge is 0.305 e. The fraction of sp³-hybridized carbons (Fsp3) is 0.778. The van der Waals surface area contributed by atoms with Crippen LogP contribution in [0.15, 0.2) is 0 Å². The first-order chi connectivity index (χ1) is 6.52. The molecule has 1 atom stereocenters. The molecule has 80 valence electrons. The molecular weight excluding hydrogens is 184 g/mol. The quantitative estimate of drug-likeness (QED) is 0.643. The standard InChI is InChI=1S/C9H16N2O3/c1-6(10)9(14)11(7-2-3-7)5-4-8(12)13/h6-7H,2-5,10H2,1H3,(H,12,13). The normalized spacial score (nSPS) is 17.6. The first-order valence-corrected chi connectivity index (χ1v) is 4.80. The van der Waals surface area contributed by atoms with E-state index in [1.807, 2.05) is 0 Å². The molecule has 1 fully saturated rings. The molecule has 1 aliphatic rings. The van der Waals surface area contributed by atoms with Crippen LogP contribution in [0.1, 0.15) is 26.2 Å². The average molecular weight is 200 g/mol. The maximum absolute atomic E-state index is 11.5. The number of aliphatic carboxylic acids is 1. The third kappa shape index (κ3) is 2.99. The van der Waals surface area contributed by atoms with Crippen LogP contribution in [0.25, 0.3) is 0 Å². The molecule has 0 heterocycles. The Bertz CT molecular complexity index is 236. The predicted octanol–water partition coefficient (Wildman–Crippen LogP) is -0.201. The Balaban J connectivity index is 2.46. The van der Waals surface area contributed by atoms with Gasteiger partial charge in [0.2, 0.25) is 5.91 Å². The maximum atomic E-state index is 11.5. The number of hydrogen-bond acceptors (Lipinski definition) is 3. The van der Waals surface area contributed by atoms with Gasteiger partial charge in [0.25, 0.3) is 0 Å². The zero-order chi connectivity index (χ0) is 10.7. The molecule has 5 nitrogen and oxygen atoms in total. The zero-order valence-corrected chi connectivity index (χ0v) is 8.27. The molecule has 5 heteroatoms. The lowest BCUT2D eigenvalue weighted by Crippen LogP contribution is -2.44. The minimum atomic E-state index is -0.881. The number of nitrogens with two attached hydrogens (primary N) is 1. The molecule has 1 unspecified atom stereocenters. The Morgan fingerprint density at radius 1 is 1.57 bits per heavy atom. The highest BCUT2D eigenvalue weighted by molar-refractivity contribution is 5.82. The molecule has 0 radical (unpaired) electrons. The Hall–Kier alpha value is -1.10. The molecule has 1 amide bonds. The first-order valence-electron chi connectivity index (χ1n) is 4.80. The number of carboxylic acid groups (broad SMARTS) is 1. The second-order valence-corrected chi connectivity index (χ2v) is 3.70. The Morgan fingerprint density at radius 2 is 2.14 bits per heavy atom. The van der Waals surface area contributed by atoms with Crippen molar-refractivity contribution in [1.82, 2.24) is 4.90 Å². The predicted molar refractivity (Wildman–Crippen MR) is 50.6 cm³/mol. The highest BCUT2D eigenvalue weighted by atomic mass is 16.4. The molecule has 1 saturated carbocycles. The van der Waals surface area contributed by atoms with Crippen molar-refractivity contribution in [1.29, 1.82) is 0 Å². The number of amides is 1. The Kier molecular flexibility index (Phi) is 3.46. The number of nitrogens with zero attached hydrogens (tertiary/aromatic N) is 1. The van der Waals surface area contributed by atoms with Crippen LogP contribution in [0.2, 0.25) is 0 Å². The monoisotopic (exact) mass is 200 g/mol. The highest BCUT2D eigenvalue weighted by Crippen LogP contribution is 2.27. The van der Waals surface area contributed by atoms with E-state index in [0.29, 0.717) is 0 Å². The summed E-state index contributed by atoms with van der Waals surface area (Å²) >= 11 is 0. The van der Waals surface area contributed by atoms with Gasteiger partial charge in [0.05, 0.1) is 12.5 Å². The van der Waals surface area contributed by atoms with E-state index >= 15 is 0 Å². The van der Waals surface area contributed by atoms with Crippen molar-refractivity contribution in [3.8, 4) is 0 Å². The van der Waals surface area contributed by atoms with Gasteiger partial charge in [-0.2, -0.15) is 0 Å². The molecule has 1 aliphatic carbocycles. The summed E-state index contributed by atoms with van der Waals surface area (Å²) in [7, 11) is 0. The molecule has 1 rings (SSSR count). The van der Waals surface area contributed by atoms with E-state index in [9.17, 15) is 9.59 Å². The fourth-order valence-electron chi connectivity index (χ4n) is 1.34. The molecule has 0 bridgehead atoms. The van der Waals surface area contributed by atoms with E-state index in [1.54, 1.807) is 11.8 Å². The zero-order valence-electron chi connectivity index (χ0n) is 8.27. The number of hydrogen-bond donors (Lipinski definition) is 2. The molecule has 14 heavy (non-hydrogen) atoms. The van der Waals surface area contributed by atoms with E-state index in [1.165, 1.54) is 0 Å². The third-order valence-electron chi connectivity index (χ3n) is 2.23. The van der Waals surface area contributed by atoms with Crippen molar-refractivity contribution in [2.45, 2.75) is 38.3 Å². The van der Waals surface area contributed by atoms with Gasteiger partial charge >= 0.3 is 5.97 Å². The fourth-order valence-corrected chi connectivity index (χ4v) is 1.34. The molecule has 0 spiro atoms. The van der Waals surface area contributed by atoms with Gasteiger partial charge in [-0.05, 0) is 19.8 Å². The van der Waals surface area contributed by atoms with E-state index in [4.69, 9.17) is 10.8 Å². The molecule has 0 aliphatic heterocycles. The minimum Gasteiger partial charge on any atom is -0.481 e. The van der Waals surface area contributed by atoms with Crippen molar-refractivity contribution in [3.63, 3.8) is 0 Å². The number of rotatable bonds is 5. The summed E-state index contributed by atoms with van der Waals surface area (Å²) in [6.45, 7) is 1.90. The lowest BCUT2D eigenvalue weighted by Gasteiger charge is -2.23. The van der Waals surface area contributed by atoms with E-state index in [0.717, 1.165) is 12.8 Å². The summed E-state index contributed by atoms with van der Waals surface area (Å²) in [6, 6.07) is -0.308. The van der Waals surface area contributed by atoms with Crippen LogP contribution in [0.5, 0.6) is 0 Å². The summed E-state index contributed by atoms with van der Waals surface area (Å²) in [5.74, 6) is -1.03. The van der Waals surface area contributed by atoms with Crippen molar-refractivity contribution in [3.05, 3.63) is 0 Å². The van der Waals surface area contributed by atoms with Gasteiger partial charge < -0.3 is 15.7 Å². The lowest BCUT2D eigenvalue weighted by atomic mass is 10.2. The molecule has 3 N–H and O–H groups in total. The largest absolute Gasteiger partial charge is 0.481 e. The van der Waals surface area contributed by atoms with E-state index in [-0.39, 0.29) is 24.9 Å². The Labute approximate surface area is 82.9 Å². The summed E-state index contributed by atoms with van der Waals surface area (Å²) in [5, 5.41) is 8.52.